The summed E-state index contributed by atoms with van der Waals surface area (Å²) in [4.78, 5) is 24.5. The highest BCUT2D eigenvalue weighted by Crippen LogP contribution is 2.16. The number of hydrogen-bond acceptors (Lipinski definition) is 6. The number of nitrogens with two attached hydrogens (primary N) is 1. The van der Waals surface area contributed by atoms with E-state index in [1.54, 1.807) is 18.5 Å². The maximum absolute atomic E-state index is 12.1. The lowest BCUT2D eigenvalue weighted by Crippen LogP contribution is -2.32. The van der Waals surface area contributed by atoms with Crippen molar-refractivity contribution in [2.24, 2.45) is 0 Å². The number of nitrogens with zero attached hydrogens (tertiary/aromatic N) is 3. The van der Waals surface area contributed by atoms with Gasteiger partial charge in [0.15, 0.2) is 5.82 Å². The van der Waals surface area contributed by atoms with Crippen molar-refractivity contribution in [3.8, 4) is 11.4 Å². The summed E-state index contributed by atoms with van der Waals surface area (Å²) in [5, 5.41) is 2.80. The average Bonchev–Trinajstić information content (AvgIpc) is 3.07. The molecule has 3 N–H and O–H groups in total. The van der Waals surface area contributed by atoms with E-state index in [9.17, 15) is 4.79 Å². The highest BCUT2D eigenvalue weighted by molar-refractivity contribution is 5.98. The van der Waals surface area contributed by atoms with E-state index >= 15 is 0 Å². The molecule has 1 amide bonds. The molecule has 1 fully saturated rings. The molecule has 0 spiro atoms. The number of anilines is 1. The van der Waals surface area contributed by atoms with E-state index in [0.29, 0.717) is 12.4 Å². The number of amides is 1. The van der Waals surface area contributed by atoms with Crippen molar-refractivity contribution >= 4 is 11.7 Å². The van der Waals surface area contributed by atoms with E-state index in [1.165, 1.54) is 6.20 Å². The quantitative estimate of drug-likeness (QED) is 0.874. The van der Waals surface area contributed by atoms with E-state index in [4.69, 9.17) is 10.5 Å². The Hall–Kier alpha value is -2.54. The van der Waals surface area contributed by atoms with Crippen LogP contribution in [0, 0.1) is 0 Å². The molecule has 0 aromatic carbocycles. The van der Waals surface area contributed by atoms with Crippen LogP contribution < -0.4 is 11.1 Å². The summed E-state index contributed by atoms with van der Waals surface area (Å²) in [6, 6.07) is 3.62. The fraction of sp³-hybridized carbons (Fsp3) is 0.333. The van der Waals surface area contributed by atoms with Crippen LogP contribution in [0.3, 0.4) is 0 Å². The van der Waals surface area contributed by atoms with Crippen molar-refractivity contribution in [1.82, 2.24) is 20.3 Å². The van der Waals surface area contributed by atoms with Gasteiger partial charge in [0.2, 0.25) is 0 Å². The van der Waals surface area contributed by atoms with Gasteiger partial charge < -0.3 is 15.8 Å². The Bertz CT molecular complexity index is 656. The van der Waals surface area contributed by atoms with Crippen molar-refractivity contribution in [2.75, 3.05) is 18.9 Å². The van der Waals surface area contributed by atoms with Gasteiger partial charge in [-0.3, -0.25) is 9.78 Å². The van der Waals surface area contributed by atoms with E-state index < -0.39 is 0 Å². The van der Waals surface area contributed by atoms with Gasteiger partial charge in [-0.1, -0.05) is 0 Å². The van der Waals surface area contributed by atoms with Gasteiger partial charge in [-0.05, 0) is 25.0 Å². The standard InChI is InChI=1S/C15H17N5O2/c16-13-12(15(21)19-8-11-4-2-6-22-11)9-18-14(20-13)10-3-1-5-17-7-10/h1,3,5,7,9,11H,2,4,6,8H2,(H,19,21)(H2,16,18,20). The number of nitrogens with one attached hydrogen (secondary N) is 1. The van der Waals surface area contributed by atoms with E-state index in [-0.39, 0.29) is 23.4 Å². The Kier molecular flexibility index (Phi) is 4.24. The molecule has 1 aliphatic rings. The largest absolute Gasteiger partial charge is 0.383 e. The second-order valence-corrected chi connectivity index (χ2v) is 5.08. The van der Waals surface area contributed by atoms with Gasteiger partial charge in [0.25, 0.3) is 5.91 Å². The lowest BCUT2D eigenvalue weighted by molar-refractivity contribution is 0.0858. The zero-order valence-corrected chi connectivity index (χ0v) is 12.0. The Morgan fingerprint density at radius 2 is 2.36 bits per heavy atom. The minimum atomic E-state index is -0.286. The van der Waals surface area contributed by atoms with Crippen molar-refractivity contribution in [1.29, 1.82) is 0 Å². The fourth-order valence-electron chi connectivity index (χ4n) is 2.31. The number of hydrogen-bond donors (Lipinski definition) is 2. The highest BCUT2D eigenvalue weighted by atomic mass is 16.5. The van der Waals surface area contributed by atoms with Gasteiger partial charge in [-0.15, -0.1) is 0 Å². The van der Waals surface area contributed by atoms with Crippen LogP contribution in [0.2, 0.25) is 0 Å². The molecule has 1 saturated heterocycles. The Labute approximate surface area is 127 Å². The predicted molar refractivity (Wildman–Crippen MR) is 81.0 cm³/mol. The number of carbonyl (C=O) groups excluding carboxylic acids is 1. The van der Waals surface area contributed by atoms with Gasteiger partial charge in [0, 0.05) is 37.3 Å². The first-order chi connectivity index (χ1) is 10.7. The van der Waals surface area contributed by atoms with Crippen LogP contribution in [-0.2, 0) is 4.74 Å². The molecular weight excluding hydrogens is 282 g/mol. The van der Waals surface area contributed by atoms with Crippen molar-refractivity contribution in [3.05, 3.63) is 36.3 Å². The maximum atomic E-state index is 12.1. The molecule has 7 nitrogen and oxygen atoms in total. The zero-order chi connectivity index (χ0) is 15.4. The maximum Gasteiger partial charge on any atom is 0.256 e. The van der Waals surface area contributed by atoms with Gasteiger partial charge in [-0.2, -0.15) is 0 Å². The van der Waals surface area contributed by atoms with E-state index in [2.05, 4.69) is 20.3 Å². The lowest BCUT2D eigenvalue weighted by atomic mass is 10.2. The number of carbonyl (C=O) groups is 1. The number of rotatable bonds is 4. The number of nitrogen functional groups attached to an aromatic ring is 1. The monoisotopic (exact) mass is 299 g/mol. The summed E-state index contributed by atoms with van der Waals surface area (Å²) < 4.78 is 5.46. The van der Waals surface area contributed by atoms with E-state index in [0.717, 1.165) is 25.0 Å². The summed E-state index contributed by atoms with van der Waals surface area (Å²) in [6.45, 7) is 1.23. The van der Waals surface area contributed by atoms with E-state index in [1.807, 2.05) is 6.07 Å². The van der Waals surface area contributed by atoms with Crippen LogP contribution in [0.15, 0.2) is 30.7 Å². The molecular formula is C15H17N5O2. The first-order valence-electron chi connectivity index (χ1n) is 7.17. The third-order valence-corrected chi connectivity index (χ3v) is 3.50. The molecule has 3 rings (SSSR count). The molecule has 2 aromatic heterocycles. The molecule has 1 atom stereocenters. The summed E-state index contributed by atoms with van der Waals surface area (Å²) in [6.07, 6.45) is 6.83. The highest BCUT2D eigenvalue weighted by Gasteiger charge is 2.18. The second-order valence-electron chi connectivity index (χ2n) is 5.08. The first-order valence-corrected chi connectivity index (χ1v) is 7.17. The van der Waals surface area contributed by atoms with Gasteiger partial charge >= 0.3 is 0 Å². The Morgan fingerprint density at radius 3 is 3.05 bits per heavy atom. The normalized spacial score (nSPS) is 17.4. The third-order valence-electron chi connectivity index (χ3n) is 3.50. The minimum absolute atomic E-state index is 0.0840. The SMILES string of the molecule is Nc1nc(-c2cccnc2)ncc1C(=O)NCC1CCCO1. The summed E-state index contributed by atoms with van der Waals surface area (Å²) >= 11 is 0. The van der Waals surface area contributed by atoms with Crippen LogP contribution in [0.5, 0.6) is 0 Å². The molecule has 2 aromatic rings. The van der Waals surface area contributed by atoms with Gasteiger partial charge in [-0.25, -0.2) is 9.97 Å². The lowest BCUT2D eigenvalue weighted by Gasteiger charge is -2.11. The fourth-order valence-corrected chi connectivity index (χ4v) is 2.31. The number of ether oxygens (including phenoxy) is 1. The van der Waals surface area contributed by atoms with Crippen LogP contribution in [0.4, 0.5) is 5.82 Å². The zero-order valence-electron chi connectivity index (χ0n) is 12.0. The number of aromatic nitrogens is 3. The van der Waals surface area contributed by atoms with Crippen LogP contribution >= 0.6 is 0 Å². The van der Waals surface area contributed by atoms with Crippen LogP contribution in [0.1, 0.15) is 23.2 Å². The topological polar surface area (TPSA) is 103 Å². The molecule has 22 heavy (non-hydrogen) atoms. The summed E-state index contributed by atoms with van der Waals surface area (Å²) in [5.41, 5.74) is 6.90. The summed E-state index contributed by atoms with van der Waals surface area (Å²) in [7, 11) is 0. The van der Waals surface area contributed by atoms with Crippen molar-refractivity contribution in [2.45, 2.75) is 18.9 Å². The van der Waals surface area contributed by atoms with Crippen LogP contribution in [-0.4, -0.2) is 40.1 Å². The Morgan fingerprint density at radius 1 is 1.45 bits per heavy atom. The molecule has 3 heterocycles. The average molecular weight is 299 g/mol. The molecule has 0 bridgehead atoms. The summed E-state index contributed by atoms with van der Waals surface area (Å²) in [5.74, 6) is 0.311. The van der Waals surface area contributed by atoms with Gasteiger partial charge in [0.1, 0.15) is 5.82 Å². The minimum Gasteiger partial charge on any atom is -0.383 e. The molecule has 1 unspecified atom stereocenters. The van der Waals surface area contributed by atoms with Gasteiger partial charge in [0.05, 0.1) is 11.7 Å². The first kappa shape index (κ1) is 14.4. The number of pyridine rings is 1. The molecule has 0 saturated carbocycles. The molecule has 0 radical (unpaired) electrons. The molecule has 0 aliphatic carbocycles. The van der Waals surface area contributed by atoms with Crippen molar-refractivity contribution < 1.29 is 9.53 Å². The second kappa shape index (κ2) is 6.48. The third kappa shape index (κ3) is 3.20. The molecule has 114 valence electrons. The van der Waals surface area contributed by atoms with Crippen LogP contribution in [0.25, 0.3) is 11.4 Å². The smallest absolute Gasteiger partial charge is 0.256 e. The van der Waals surface area contributed by atoms with Crippen molar-refractivity contribution in [3.63, 3.8) is 0 Å². The predicted octanol–water partition coefficient (Wildman–Crippen LogP) is 1.03. The molecule has 1 aliphatic heterocycles. The molecule has 7 heteroatoms. The Balaban J connectivity index is 1.70.